The molecule has 49 heavy (non-hydrogen) atoms. The largest absolute Gasteiger partial charge is 0.477 e. The summed E-state index contributed by atoms with van der Waals surface area (Å²) in [6.07, 6.45) is 4.88. The van der Waals surface area contributed by atoms with Crippen molar-refractivity contribution in [2.24, 2.45) is 0 Å². The van der Waals surface area contributed by atoms with Crippen LogP contribution < -0.4 is 0 Å². The highest BCUT2D eigenvalue weighted by Crippen LogP contribution is 2.43. The van der Waals surface area contributed by atoms with Crippen LogP contribution >= 0.6 is 0 Å². The van der Waals surface area contributed by atoms with Crippen LogP contribution in [0.5, 0.6) is 0 Å². The molecule has 0 saturated carbocycles. The van der Waals surface area contributed by atoms with E-state index in [2.05, 4.69) is 90.0 Å². The van der Waals surface area contributed by atoms with Crippen LogP contribution in [0.25, 0.3) is 28.6 Å². The Kier molecular flexibility index (Phi) is 8.80. The summed E-state index contributed by atoms with van der Waals surface area (Å²) in [4.78, 5) is 12.0. The zero-order chi connectivity index (χ0) is 33.6. The molecule has 0 aliphatic rings. The first kappa shape index (κ1) is 31.3. The second-order valence-corrected chi connectivity index (χ2v) is 11.8. The minimum atomic E-state index is -0.947. The van der Waals surface area contributed by atoms with Crippen LogP contribution in [0.4, 0.5) is 0 Å². The number of tetrazole rings is 1. The number of hydrogen-bond donors (Lipinski definition) is 1. The third-order valence-corrected chi connectivity index (χ3v) is 8.89. The molecule has 0 radical (unpaired) electrons. The molecule has 7 aromatic rings. The monoisotopic (exact) mass is 641 g/mol. The van der Waals surface area contributed by atoms with Crippen molar-refractivity contribution in [3.8, 4) is 22.5 Å². The van der Waals surface area contributed by atoms with E-state index in [1.165, 1.54) is 0 Å². The molecular formula is C42H35N5O2. The fraction of sp³-hybridized carbons (Fsp3) is 0.0952. The summed E-state index contributed by atoms with van der Waals surface area (Å²) in [5.41, 5.74) is 7.19. The summed E-state index contributed by atoms with van der Waals surface area (Å²) in [5, 5.41) is 23.5. The molecule has 1 N–H and O–H groups in total. The first-order valence-corrected chi connectivity index (χ1v) is 16.3. The highest BCUT2D eigenvalue weighted by atomic mass is 16.4. The lowest BCUT2D eigenvalue weighted by Crippen LogP contribution is -2.39. The number of nitrogens with zero attached hydrogens (tertiary/aromatic N) is 5. The van der Waals surface area contributed by atoms with Crippen LogP contribution in [-0.2, 0) is 12.1 Å². The Morgan fingerprint density at radius 1 is 0.694 bits per heavy atom. The minimum absolute atomic E-state index is 0.260. The molecule has 0 atom stereocenters. The average molecular weight is 642 g/mol. The molecule has 0 saturated heterocycles. The van der Waals surface area contributed by atoms with Crippen LogP contribution in [-0.4, -0.2) is 35.9 Å². The highest BCUT2D eigenvalue weighted by molar-refractivity contribution is 5.86. The normalized spacial score (nSPS) is 11.6. The third kappa shape index (κ3) is 5.87. The van der Waals surface area contributed by atoms with Gasteiger partial charge in [0.1, 0.15) is 11.2 Å². The van der Waals surface area contributed by atoms with E-state index in [1.54, 1.807) is 6.07 Å². The fourth-order valence-electron chi connectivity index (χ4n) is 6.62. The van der Waals surface area contributed by atoms with Gasteiger partial charge in [0.25, 0.3) is 0 Å². The van der Waals surface area contributed by atoms with Crippen LogP contribution in [0.1, 0.15) is 51.8 Å². The first-order valence-electron chi connectivity index (χ1n) is 16.3. The van der Waals surface area contributed by atoms with Gasteiger partial charge in [0.15, 0.2) is 5.82 Å². The second kappa shape index (κ2) is 13.8. The van der Waals surface area contributed by atoms with Gasteiger partial charge in [-0.1, -0.05) is 153 Å². The Balaban J connectivity index is 1.34. The Hall–Kier alpha value is -6.34. The molecule has 0 amide bonds. The lowest BCUT2D eigenvalue weighted by atomic mass is 9.77. The van der Waals surface area contributed by atoms with E-state index < -0.39 is 11.5 Å². The molecule has 0 unspecified atom stereocenters. The topological polar surface area (TPSA) is 85.8 Å². The summed E-state index contributed by atoms with van der Waals surface area (Å²) in [6, 6.07) is 51.0. The number of hydrogen-bond acceptors (Lipinski definition) is 4. The zero-order valence-corrected chi connectivity index (χ0v) is 27.1. The molecule has 0 spiro atoms. The Bertz CT molecular complexity index is 2110. The molecule has 7 heteroatoms. The maximum absolute atomic E-state index is 12.0. The number of rotatable bonds is 11. The molecule has 0 aliphatic heterocycles. The summed E-state index contributed by atoms with van der Waals surface area (Å²) in [5.74, 6) is -0.320. The summed E-state index contributed by atoms with van der Waals surface area (Å²) in [7, 11) is 0. The molecular weight excluding hydrogens is 606 g/mol. The van der Waals surface area contributed by atoms with Gasteiger partial charge >= 0.3 is 5.97 Å². The van der Waals surface area contributed by atoms with Crippen LogP contribution in [0, 0.1) is 0 Å². The lowest BCUT2D eigenvalue weighted by Gasteiger charge is -2.36. The fourth-order valence-corrected chi connectivity index (χ4v) is 6.62. The molecule has 0 bridgehead atoms. The van der Waals surface area contributed by atoms with Gasteiger partial charge in [-0.3, -0.25) is 0 Å². The van der Waals surface area contributed by atoms with Crippen LogP contribution in [0.2, 0.25) is 0 Å². The molecule has 7 nitrogen and oxygen atoms in total. The van der Waals surface area contributed by atoms with Gasteiger partial charge in [-0.05, 0) is 68.4 Å². The van der Waals surface area contributed by atoms with Crippen LogP contribution in [0.3, 0.4) is 0 Å². The van der Waals surface area contributed by atoms with Gasteiger partial charge < -0.3 is 9.67 Å². The molecule has 0 aliphatic carbocycles. The molecule has 2 aromatic heterocycles. The molecule has 2 heterocycles. The van der Waals surface area contributed by atoms with Crippen molar-refractivity contribution >= 4 is 12.0 Å². The number of allylic oxidation sites excluding steroid dienone is 1. The van der Waals surface area contributed by atoms with Gasteiger partial charge in [-0.25, -0.2) is 9.48 Å². The van der Waals surface area contributed by atoms with E-state index in [-0.39, 0.29) is 5.69 Å². The van der Waals surface area contributed by atoms with Gasteiger partial charge in [-0.2, -0.15) is 0 Å². The maximum atomic E-state index is 12.0. The van der Waals surface area contributed by atoms with Gasteiger partial charge in [0.05, 0.1) is 0 Å². The molecule has 5 aromatic carbocycles. The summed E-state index contributed by atoms with van der Waals surface area (Å²) >= 11 is 0. The predicted octanol–water partition coefficient (Wildman–Crippen LogP) is 8.82. The van der Waals surface area contributed by atoms with Crippen LogP contribution in [0.15, 0.2) is 158 Å². The Morgan fingerprint density at radius 2 is 1.24 bits per heavy atom. The number of benzene rings is 5. The molecule has 7 rings (SSSR count). The summed E-state index contributed by atoms with van der Waals surface area (Å²) < 4.78 is 3.78. The second-order valence-electron chi connectivity index (χ2n) is 11.8. The van der Waals surface area contributed by atoms with E-state index >= 15 is 0 Å². The van der Waals surface area contributed by atoms with Crippen molar-refractivity contribution < 1.29 is 9.90 Å². The maximum Gasteiger partial charge on any atom is 0.352 e. The van der Waals surface area contributed by atoms with E-state index in [0.717, 1.165) is 51.1 Å². The van der Waals surface area contributed by atoms with Crippen molar-refractivity contribution in [3.63, 3.8) is 0 Å². The van der Waals surface area contributed by atoms with Crippen molar-refractivity contribution in [2.45, 2.75) is 25.4 Å². The lowest BCUT2D eigenvalue weighted by molar-refractivity contribution is 0.0685. The number of carbonyl (C=O) groups is 1. The van der Waals surface area contributed by atoms with Gasteiger partial charge in [-0.15, -0.1) is 5.10 Å². The van der Waals surface area contributed by atoms with Crippen molar-refractivity contribution in [1.29, 1.82) is 0 Å². The van der Waals surface area contributed by atoms with Crippen molar-refractivity contribution in [2.75, 3.05) is 0 Å². The molecule has 0 fully saturated rings. The molecule has 240 valence electrons. The predicted molar refractivity (Wildman–Crippen MR) is 193 cm³/mol. The summed E-state index contributed by atoms with van der Waals surface area (Å²) in [6.45, 7) is 2.49. The van der Waals surface area contributed by atoms with E-state index in [9.17, 15) is 9.90 Å². The first-order chi connectivity index (χ1) is 24.1. The Morgan fingerprint density at radius 3 is 1.80 bits per heavy atom. The van der Waals surface area contributed by atoms with Gasteiger partial charge in [0, 0.05) is 17.8 Å². The quantitative estimate of drug-likeness (QED) is 0.143. The highest BCUT2D eigenvalue weighted by Gasteiger charge is 2.42. The van der Waals surface area contributed by atoms with Crippen molar-refractivity contribution in [3.05, 3.63) is 191 Å². The number of carboxylic acids is 1. The van der Waals surface area contributed by atoms with E-state index in [4.69, 9.17) is 5.21 Å². The van der Waals surface area contributed by atoms with E-state index in [0.29, 0.717) is 12.4 Å². The third-order valence-electron chi connectivity index (χ3n) is 8.89. The number of carboxylic acid groups (broad SMARTS) is 1. The van der Waals surface area contributed by atoms with Crippen molar-refractivity contribution in [1.82, 2.24) is 24.8 Å². The van der Waals surface area contributed by atoms with Gasteiger partial charge in [0.2, 0.25) is 0 Å². The smallest absolute Gasteiger partial charge is 0.352 e. The standard InChI is InChI=1S/C42H35N5O2/c1-2-3-21-36-28-29-39(41(48)49)46(36)30-31-24-26-32(27-25-31)37-22-13-14-23-38(37)40-43-44-45-47(40)42(33-15-7-4-8-16-33,34-17-9-5-10-18-34)35-19-11-6-12-20-35/h3-29H,2,30H2,1H3,(H,48,49). The number of aromatic carboxylic acids is 1. The number of aromatic nitrogens is 5. The Labute approximate surface area is 285 Å². The van der Waals surface area contributed by atoms with E-state index in [1.807, 2.05) is 94.2 Å². The average Bonchev–Trinajstić information content (AvgIpc) is 3.81. The zero-order valence-electron chi connectivity index (χ0n) is 27.1. The minimum Gasteiger partial charge on any atom is -0.477 e. The SMILES string of the molecule is CCC=Cc1ccc(C(=O)O)n1Cc1ccc(-c2ccccc2-c2nnnn2C(c2ccccc2)(c2ccccc2)c2ccccc2)cc1.